The number of nitriles is 1. The summed E-state index contributed by atoms with van der Waals surface area (Å²) in [4.78, 5) is 9.47. The largest absolute Gasteiger partial charge is 0.362 e. The second-order valence-electron chi connectivity index (χ2n) is 8.52. The van der Waals surface area contributed by atoms with Crippen LogP contribution in [-0.2, 0) is 0 Å². The summed E-state index contributed by atoms with van der Waals surface area (Å²) in [5, 5.41) is 23.8. The lowest BCUT2D eigenvalue weighted by Crippen LogP contribution is -2.50. The van der Waals surface area contributed by atoms with Crippen LogP contribution in [0.5, 0.6) is 0 Å². The molecule has 7 nitrogen and oxygen atoms in total. The number of pyridine rings is 1. The molecule has 7 heteroatoms. The normalized spacial score (nSPS) is 18.1. The molecule has 2 aromatic heterocycles. The SMILES string of the molecule is Cc1c(C#N)cccc1[C@@H](C)Nc1nnc(C)c2cnc(N3CCN(C)C[C@H]3C)cc12. The Bertz CT molecular complexity index is 1150. The van der Waals surface area contributed by atoms with E-state index in [2.05, 4.69) is 64.4 Å². The van der Waals surface area contributed by atoms with Gasteiger partial charge in [0.05, 0.1) is 23.4 Å². The number of nitrogens with one attached hydrogen (secondary N) is 1. The highest BCUT2D eigenvalue weighted by atomic mass is 15.3. The third kappa shape index (κ3) is 4.04. The number of aromatic nitrogens is 3. The molecule has 1 aliphatic rings. The molecular formula is C24H29N7. The molecule has 1 aliphatic heterocycles. The molecule has 0 aliphatic carbocycles. The van der Waals surface area contributed by atoms with Gasteiger partial charge in [-0.05, 0) is 58.0 Å². The van der Waals surface area contributed by atoms with Gasteiger partial charge in [-0.3, -0.25) is 0 Å². The molecule has 2 atom stereocenters. The third-order valence-electron chi connectivity index (χ3n) is 6.28. The first-order chi connectivity index (χ1) is 14.9. The molecule has 0 saturated carbocycles. The van der Waals surface area contributed by atoms with Gasteiger partial charge in [-0.2, -0.15) is 10.4 Å². The quantitative estimate of drug-likeness (QED) is 0.693. The first-order valence-electron chi connectivity index (χ1n) is 10.7. The second-order valence-corrected chi connectivity index (χ2v) is 8.52. The summed E-state index contributed by atoms with van der Waals surface area (Å²) in [6.07, 6.45) is 1.91. The van der Waals surface area contributed by atoms with Crippen molar-refractivity contribution in [1.29, 1.82) is 5.26 Å². The lowest BCUT2D eigenvalue weighted by molar-refractivity contribution is 0.274. The minimum atomic E-state index is -0.0207. The monoisotopic (exact) mass is 415 g/mol. The molecule has 31 heavy (non-hydrogen) atoms. The zero-order valence-corrected chi connectivity index (χ0v) is 18.8. The van der Waals surface area contributed by atoms with Crippen molar-refractivity contribution in [3.8, 4) is 6.07 Å². The van der Waals surface area contributed by atoms with Gasteiger partial charge in [-0.1, -0.05) is 12.1 Å². The molecule has 0 bridgehead atoms. The van der Waals surface area contributed by atoms with Crippen LogP contribution >= 0.6 is 0 Å². The third-order valence-corrected chi connectivity index (χ3v) is 6.28. The predicted octanol–water partition coefficient (Wildman–Crippen LogP) is 3.83. The van der Waals surface area contributed by atoms with E-state index in [1.165, 1.54) is 0 Å². The highest BCUT2D eigenvalue weighted by molar-refractivity contribution is 5.94. The Labute approximate surface area is 183 Å². The number of hydrogen-bond donors (Lipinski definition) is 1. The molecule has 0 amide bonds. The fraction of sp³-hybridized carbons (Fsp3) is 0.417. The van der Waals surface area contributed by atoms with Crippen LogP contribution in [-0.4, -0.2) is 52.8 Å². The van der Waals surface area contributed by atoms with Gasteiger partial charge in [0.15, 0.2) is 5.82 Å². The van der Waals surface area contributed by atoms with Gasteiger partial charge in [0.2, 0.25) is 0 Å². The van der Waals surface area contributed by atoms with E-state index in [1.807, 2.05) is 32.2 Å². The zero-order chi connectivity index (χ0) is 22.1. The van der Waals surface area contributed by atoms with Gasteiger partial charge in [-0.25, -0.2) is 4.98 Å². The number of hydrogen-bond acceptors (Lipinski definition) is 7. The molecule has 0 unspecified atom stereocenters. The Morgan fingerprint density at radius 2 is 2.00 bits per heavy atom. The Kier molecular flexibility index (Phi) is 5.75. The van der Waals surface area contributed by atoms with Gasteiger partial charge in [0, 0.05) is 42.6 Å². The summed E-state index contributed by atoms with van der Waals surface area (Å²) in [5.41, 5.74) is 3.63. The number of anilines is 2. The Morgan fingerprint density at radius 1 is 1.19 bits per heavy atom. The molecule has 1 N–H and O–H groups in total. The maximum atomic E-state index is 9.37. The van der Waals surface area contributed by atoms with Crippen molar-refractivity contribution >= 4 is 22.4 Å². The molecule has 1 saturated heterocycles. The lowest BCUT2D eigenvalue weighted by atomic mass is 9.98. The lowest BCUT2D eigenvalue weighted by Gasteiger charge is -2.39. The summed E-state index contributed by atoms with van der Waals surface area (Å²) in [5.74, 6) is 1.71. The van der Waals surface area contributed by atoms with E-state index in [0.29, 0.717) is 11.6 Å². The number of benzene rings is 1. The van der Waals surface area contributed by atoms with E-state index in [4.69, 9.17) is 4.98 Å². The highest BCUT2D eigenvalue weighted by Gasteiger charge is 2.23. The zero-order valence-electron chi connectivity index (χ0n) is 18.8. The van der Waals surface area contributed by atoms with E-state index in [0.717, 1.165) is 58.9 Å². The molecule has 0 radical (unpaired) electrons. The van der Waals surface area contributed by atoms with Crippen molar-refractivity contribution in [2.75, 3.05) is 36.9 Å². The maximum absolute atomic E-state index is 9.37. The predicted molar refractivity (Wildman–Crippen MR) is 124 cm³/mol. The number of piperazine rings is 1. The minimum absolute atomic E-state index is 0.0207. The molecule has 4 rings (SSSR count). The Morgan fingerprint density at radius 3 is 2.74 bits per heavy atom. The van der Waals surface area contributed by atoms with E-state index >= 15 is 0 Å². The van der Waals surface area contributed by atoms with Crippen molar-refractivity contribution in [3.63, 3.8) is 0 Å². The minimum Gasteiger partial charge on any atom is -0.362 e. The van der Waals surface area contributed by atoms with Crippen LogP contribution in [0.25, 0.3) is 10.8 Å². The molecular weight excluding hydrogens is 386 g/mol. The van der Waals surface area contributed by atoms with Crippen LogP contribution in [0.15, 0.2) is 30.5 Å². The van der Waals surface area contributed by atoms with Gasteiger partial charge < -0.3 is 15.1 Å². The summed E-state index contributed by atoms with van der Waals surface area (Å²) in [6, 6.07) is 10.6. The van der Waals surface area contributed by atoms with Gasteiger partial charge in [0.1, 0.15) is 5.82 Å². The number of nitrogens with zero attached hydrogens (tertiary/aromatic N) is 6. The topological polar surface area (TPSA) is 81.0 Å². The molecule has 1 aromatic carbocycles. The van der Waals surface area contributed by atoms with Crippen molar-refractivity contribution in [2.24, 2.45) is 0 Å². The highest BCUT2D eigenvalue weighted by Crippen LogP contribution is 2.30. The number of aryl methyl sites for hydroxylation is 1. The fourth-order valence-electron chi connectivity index (χ4n) is 4.43. The van der Waals surface area contributed by atoms with Crippen LogP contribution in [0.2, 0.25) is 0 Å². The average molecular weight is 416 g/mol. The summed E-state index contributed by atoms with van der Waals surface area (Å²) < 4.78 is 0. The maximum Gasteiger partial charge on any atom is 0.157 e. The molecule has 0 spiro atoms. The van der Waals surface area contributed by atoms with Crippen LogP contribution < -0.4 is 10.2 Å². The van der Waals surface area contributed by atoms with E-state index in [1.54, 1.807) is 0 Å². The Balaban J connectivity index is 1.71. The van der Waals surface area contributed by atoms with Crippen molar-refractivity contribution in [3.05, 3.63) is 52.8 Å². The average Bonchev–Trinajstić information content (AvgIpc) is 2.75. The first-order valence-corrected chi connectivity index (χ1v) is 10.7. The standard InChI is InChI=1S/C24H29N7/c1-15-14-30(5)9-10-31(15)23-11-21-22(13-26-23)18(4)28-29-24(21)27-17(3)20-8-6-7-19(12-25)16(20)2/h6-8,11,13,15,17H,9-10,14H2,1-5H3,(H,27,29)/t15-,17-/m1/s1. The number of rotatable bonds is 4. The van der Waals surface area contributed by atoms with Crippen molar-refractivity contribution in [2.45, 2.75) is 39.8 Å². The van der Waals surface area contributed by atoms with Crippen LogP contribution in [0.1, 0.15) is 42.3 Å². The number of likely N-dealkylation sites (N-methyl/N-ethyl adjacent to an activating group) is 1. The van der Waals surface area contributed by atoms with Crippen molar-refractivity contribution < 1.29 is 0 Å². The summed E-state index contributed by atoms with van der Waals surface area (Å²) in [6.45, 7) is 11.3. The summed E-state index contributed by atoms with van der Waals surface area (Å²) >= 11 is 0. The summed E-state index contributed by atoms with van der Waals surface area (Å²) in [7, 11) is 2.16. The van der Waals surface area contributed by atoms with Crippen LogP contribution in [0.3, 0.4) is 0 Å². The second kappa shape index (κ2) is 8.48. The first kappa shape index (κ1) is 21.0. The number of fused-ring (bicyclic) bond motifs is 1. The van der Waals surface area contributed by atoms with E-state index in [9.17, 15) is 5.26 Å². The molecule has 3 aromatic rings. The van der Waals surface area contributed by atoms with Gasteiger partial charge >= 0.3 is 0 Å². The Hall–Kier alpha value is -3.24. The fourth-order valence-corrected chi connectivity index (χ4v) is 4.43. The molecule has 160 valence electrons. The van der Waals surface area contributed by atoms with Crippen LogP contribution in [0, 0.1) is 25.2 Å². The molecule has 3 heterocycles. The smallest absolute Gasteiger partial charge is 0.157 e. The van der Waals surface area contributed by atoms with Crippen LogP contribution in [0.4, 0.5) is 11.6 Å². The van der Waals surface area contributed by atoms with E-state index < -0.39 is 0 Å². The van der Waals surface area contributed by atoms with E-state index in [-0.39, 0.29) is 6.04 Å². The van der Waals surface area contributed by atoms with Gasteiger partial charge in [0.25, 0.3) is 0 Å². The van der Waals surface area contributed by atoms with Gasteiger partial charge in [-0.15, -0.1) is 5.10 Å². The molecule has 1 fully saturated rings. The van der Waals surface area contributed by atoms with Crippen molar-refractivity contribution in [1.82, 2.24) is 20.1 Å².